The number of tetrazole rings is 1. The highest BCUT2D eigenvalue weighted by molar-refractivity contribution is 5.83. The van der Waals surface area contributed by atoms with Crippen LogP contribution in [0.3, 0.4) is 0 Å². The van der Waals surface area contributed by atoms with E-state index in [0.717, 1.165) is 35.4 Å². The van der Waals surface area contributed by atoms with Crippen molar-refractivity contribution in [3.63, 3.8) is 0 Å². The molecule has 1 aliphatic rings. The van der Waals surface area contributed by atoms with Crippen LogP contribution in [0.15, 0.2) is 47.3 Å². The van der Waals surface area contributed by atoms with Crippen molar-refractivity contribution in [2.24, 2.45) is 0 Å². The third kappa shape index (κ3) is 5.34. The molecular formula is C29H36N6O4. The lowest BCUT2D eigenvalue weighted by Gasteiger charge is -2.33. The van der Waals surface area contributed by atoms with Gasteiger partial charge in [-0.2, -0.15) is 0 Å². The Morgan fingerprint density at radius 1 is 1.08 bits per heavy atom. The molecule has 0 bridgehead atoms. The number of aromatic nitrogens is 5. The number of aromatic amines is 1. The monoisotopic (exact) mass is 532 g/mol. The maximum absolute atomic E-state index is 13.4. The fraction of sp³-hybridized carbons (Fsp3) is 0.448. The highest BCUT2D eigenvalue weighted by atomic mass is 16.6. The second-order valence-electron chi connectivity index (χ2n) is 10.5. The minimum absolute atomic E-state index is 0.146. The average molecular weight is 533 g/mol. The van der Waals surface area contributed by atoms with E-state index in [1.54, 1.807) is 7.11 Å². The number of methoxy groups -OCH3 is 1. The Hall–Kier alpha value is -3.92. The van der Waals surface area contributed by atoms with Crippen LogP contribution in [0.2, 0.25) is 0 Å². The Labute approximate surface area is 227 Å². The molecule has 206 valence electrons. The summed E-state index contributed by atoms with van der Waals surface area (Å²) >= 11 is 0. The van der Waals surface area contributed by atoms with Crippen LogP contribution in [-0.2, 0) is 18.6 Å². The van der Waals surface area contributed by atoms with Gasteiger partial charge in [0, 0.05) is 35.7 Å². The van der Waals surface area contributed by atoms with Gasteiger partial charge in [0.2, 0.25) is 0 Å². The lowest BCUT2D eigenvalue weighted by Crippen LogP contribution is -2.36. The van der Waals surface area contributed by atoms with E-state index in [1.165, 1.54) is 0 Å². The number of nitrogens with zero attached hydrogens (tertiary/aromatic N) is 5. The van der Waals surface area contributed by atoms with Crippen molar-refractivity contribution in [1.29, 1.82) is 0 Å². The number of rotatable bonds is 10. The Kier molecular flexibility index (Phi) is 7.56. The number of hydrogen-bond acceptors (Lipinski definition) is 8. The van der Waals surface area contributed by atoms with Gasteiger partial charge >= 0.3 is 0 Å². The number of ether oxygens (including phenoxy) is 3. The molecule has 0 aliphatic carbocycles. The largest absolute Gasteiger partial charge is 0.496 e. The van der Waals surface area contributed by atoms with Gasteiger partial charge in [0.25, 0.3) is 5.56 Å². The maximum atomic E-state index is 13.4. The predicted molar refractivity (Wildman–Crippen MR) is 148 cm³/mol. The molecule has 39 heavy (non-hydrogen) atoms. The quantitative estimate of drug-likeness (QED) is 0.316. The van der Waals surface area contributed by atoms with Crippen LogP contribution in [0.1, 0.15) is 63.5 Å². The molecule has 0 amide bonds. The van der Waals surface area contributed by atoms with Crippen molar-refractivity contribution in [1.82, 2.24) is 30.1 Å². The first-order chi connectivity index (χ1) is 18.8. The van der Waals surface area contributed by atoms with Crippen LogP contribution < -0.4 is 19.8 Å². The van der Waals surface area contributed by atoms with Crippen molar-refractivity contribution >= 4 is 10.9 Å². The molecule has 10 heteroatoms. The normalized spacial score (nSPS) is 14.1. The summed E-state index contributed by atoms with van der Waals surface area (Å²) in [4.78, 5) is 18.7. The van der Waals surface area contributed by atoms with E-state index < -0.39 is 0 Å². The van der Waals surface area contributed by atoms with E-state index >= 15 is 0 Å². The summed E-state index contributed by atoms with van der Waals surface area (Å²) in [6, 6.07) is 13.5. The van der Waals surface area contributed by atoms with E-state index in [0.29, 0.717) is 48.9 Å². The summed E-state index contributed by atoms with van der Waals surface area (Å²) in [5.74, 6) is 2.90. The molecule has 0 saturated carbocycles. The number of benzene rings is 2. The number of hydrogen-bond donors (Lipinski definition) is 1. The lowest BCUT2D eigenvalue weighted by molar-refractivity contribution is 0.149. The van der Waals surface area contributed by atoms with Gasteiger partial charge < -0.3 is 19.2 Å². The number of nitrogens with one attached hydrogen (secondary N) is 1. The van der Waals surface area contributed by atoms with Crippen LogP contribution in [0.4, 0.5) is 0 Å². The third-order valence-electron chi connectivity index (χ3n) is 7.58. The van der Waals surface area contributed by atoms with Crippen LogP contribution in [0.5, 0.6) is 17.2 Å². The van der Waals surface area contributed by atoms with Gasteiger partial charge in [0.05, 0.1) is 24.2 Å². The fourth-order valence-electron chi connectivity index (χ4n) is 5.04. The van der Waals surface area contributed by atoms with Gasteiger partial charge in [-0.3, -0.25) is 9.69 Å². The minimum Gasteiger partial charge on any atom is -0.496 e. The van der Waals surface area contributed by atoms with Gasteiger partial charge in [-0.05, 0) is 55.3 Å². The Balaban J connectivity index is 1.58. The van der Waals surface area contributed by atoms with Crippen molar-refractivity contribution in [3.8, 4) is 17.2 Å². The molecule has 10 nitrogen and oxygen atoms in total. The zero-order valence-corrected chi connectivity index (χ0v) is 23.2. The van der Waals surface area contributed by atoms with Gasteiger partial charge in [0.15, 0.2) is 17.3 Å². The first-order valence-corrected chi connectivity index (χ1v) is 13.4. The van der Waals surface area contributed by atoms with Crippen molar-refractivity contribution < 1.29 is 14.2 Å². The average Bonchev–Trinajstić information content (AvgIpc) is 3.44. The van der Waals surface area contributed by atoms with Crippen LogP contribution in [0, 0.1) is 0 Å². The van der Waals surface area contributed by atoms with Gasteiger partial charge in [-0.25, -0.2) is 4.68 Å². The SMILES string of the molecule is CC[C@@H](c1nnnn1C(C)(C)CC)N(Cc1ccccc1OC)Cc1cc2cc3c(cc2[nH]c1=O)OCCO3. The van der Waals surface area contributed by atoms with Crippen LogP contribution in [-0.4, -0.2) is 50.4 Å². The first kappa shape index (κ1) is 26.7. The molecule has 0 radical (unpaired) electrons. The number of para-hydroxylation sites is 1. The molecule has 3 heterocycles. The molecule has 1 aliphatic heterocycles. The van der Waals surface area contributed by atoms with Crippen LogP contribution >= 0.6 is 0 Å². The molecule has 2 aromatic heterocycles. The standard InChI is InChI=1S/C29H36N6O4/c1-6-23(27-31-32-33-35(27)29(3,4)7-2)34(17-19-10-8-9-11-24(19)37-5)18-21-14-20-15-25-26(39-13-12-38-25)16-22(20)30-28(21)36/h8-11,14-16,23H,6-7,12-13,17-18H2,1-5H3,(H,30,36)/t23-/m0/s1. The van der Waals surface area contributed by atoms with Gasteiger partial charge in [0.1, 0.15) is 19.0 Å². The summed E-state index contributed by atoms with van der Waals surface area (Å²) in [5.41, 5.74) is 1.96. The van der Waals surface area contributed by atoms with Crippen molar-refractivity contribution in [2.45, 2.75) is 65.2 Å². The highest BCUT2D eigenvalue weighted by Gasteiger charge is 2.31. The topological polar surface area (TPSA) is 107 Å². The fourth-order valence-corrected chi connectivity index (χ4v) is 5.04. The molecular weight excluding hydrogens is 496 g/mol. The summed E-state index contributed by atoms with van der Waals surface area (Å²) < 4.78 is 19.1. The number of fused-ring (bicyclic) bond motifs is 2. The molecule has 1 N–H and O–H groups in total. The maximum Gasteiger partial charge on any atom is 0.252 e. The molecule has 2 aromatic carbocycles. The van der Waals surface area contributed by atoms with Crippen molar-refractivity contribution in [2.75, 3.05) is 20.3 Å². The van der Waals surface area contributed by atoms with Gasteiger partial charge in [-0.15, -0.1) is 5.10 Å². The van der Waals surface area contributed by atoms with Crippen molar-refractivity contribution in [3.05, 3.63) is 69.8 Å². The third-order valence-corrected chi connectivity index (χ3v) is 7.58. The molecule has 5 rings (SSSR count). The molecule has 0 unspecified atom stereocenters. The molecule has 0 spiro atoms. The smallest absolute Gasteiger partial charge is 0.252 e. The Morgan fingerprint density at radius 3 is 2.51 bits per heavy atom. The zero-order chi connectivity index (χ0) is 27.6. The minimum atomic E-state index is -0.260. The second kappa shape index (κ2) is 11.1. The summed E-state index contributed by atoms with van der Waals surface area (Å²) in [7, 11) is 1.67. The second-order valence-corrected chi connectivity index (χ2v) is 10.5. The van der Waals surface area contributed by atoms with E-state index in [-0.39, 0.29) is 17.1 Å². The number of pyridine rings is 1. The van der Waals surface area contributed by atoms with Crippen LogP contribution in [0.25, 0.3) is 10.9 Å². The van der Waals surface area contributed by atoms with Gasteiger partial charge in [-0.1, -0.05) is 32.0 Å². The first-order valence-electron chi connectivity index (χ1n) is 13.4. The zero-order valence-electron chi connectivity index (χ0n) is 23.2. The Bertz CT molecular complexity index is 1510. The summed E-state index contributed by atoms with van der Waals surface area (Å²) in [6.45, 7) is 10.4. The Morgan fingerprint density at radius 2 is 1.79 bits per heavy atom. The lowest BCUT2D eigenvalue weighted by atomic mass is 10.0. The predicted octanol–water partition coefficient (Wildman–Crippen LogP) is 4.59. The number of H-pyrrole nitrogens is 1. The van der Waals surface area contributed by atoms with E-state index in [1.807, 2.05) is 47.1 Å². The molecule has 0 fully saturated rings. The molecule has 0 saturated heterocycles. The summed E-state index contributed by atoms with van der Waals surface area (Å²) in [6.07, 6.45) is 1.62. The van der Waals surface area contributed by atoms with E-state index in [4.69, 9.17) is 14.2 Å². The highest BCUT2D eigenvalue weighted by Crippen LogP contribution is 2.35. The van der Waals surface area contributed by atoms with E-state index in [2.05, 4.69) is 53.1 Å². The molecule has 1 atom stereocenters. The summed E-state index contributed by atoms with van der Waals surface area (Å²) in [5, 5.41) is 13.8. The van der Waals surface area contributed by atoms with E-state index in [9.17, 15) is 4.79 Å². The molecule has 4 aromatic rings.